The molecule has 0 saturated carbocycles. The Morgan fingerprint density at radius 2 is 2.05 bits per heavy atom. The summed E-state index contributed by atoms with van der Waals surface area (Å²) in [5.41, 5.74) is 0.530. The van der Waals surface area contributed by atoms with E-state index in [2.05, 4.69) is 10.3 Å². The zero-order valence-electron chi connectivity index (χ0n) is 9.18. The van der Waals surface area contributed by atoms with Crippen molar-refractivity contribution in [2.45, 2.75) is 0 Å². The molecule has 0 aromatic carbocycles. The first-order valence-corrected chi connectivity index (χ1v) is 6.50. The van der Waals surface area contributed by atoms with Crippen molar-refractivity contribution >= 4 is 52.1 Å². The number of carbonyl (C=O) groups is 2. The molecular weight excluding hydrogens is 311 g/mol. The fourth-order valence-electron chi connectivity index (χ4n) is 1.29. The first-order valence-electron chi connectivity index (χ1n) is 4.93. The second-order valence-corrected chi connectivity index (χ2v) is 5.71. The number of hydrogen-bond donors (Lipinski definition) is 2. The van der Waals surface area contributed by atoms with Gasteiger partial charge in [-0.2, -0.15) is 0 Å². The Labute approximate surface area is 121 Å². The molecule has 8 heteroatoms. The van der Waals surface area contributed by atoms with Crippen LogP contribution in [0.5, 0.6) is 0 Å². The standard InChI is InChI=1S/C11H6Cl2N2O3S/c12-8-3-6(9(13)19-8)10(16)15-5-1-2-7(11(17)18)14-4-5/h1-4H,(H,15,16)(H,17,18). The van der Waals surface area contributed by atoms with Crippen LogP contribution in [0.25, 0.3) is 0 Å². The van der Waals surface area contributed by atoms with E-state index < -0.39 is 11.9 Å². The number of carbonyl (C=O) groups excluding carboxylic acids is 1. The minimum atomic E-state index is -1.13. The Bertz CT molecular complexity index is 640. The fourth-order valence-corrected chi connectivity index (χ4v) is 2.75. The highest BCUT2D eigenvalue weighted by molar-refractivity contribution is 7.20. The first kappa shape index (κ1) is 13.8. The number of aromatic carboxylic acids is 1. The predicted molar refractivity (Wildman–Crippen MR) is 73.5 cm³/mol. The molecule has 0 aliphatic carbocycles. The Morgan fingerprint density at radius 3 is 2.53 bits per heavy atom. The Kier molecular flexibility index (Phi) is 4.04. The fraction of sp³-hybridized carbons (Fsp3) is 0. The van der Waals surface area contributed by atoms with E-state index in [-0.39, 0.29) is 15.6 Å². The van der Waals surface area contributed by atoms with Gasteiger partial charge in [0.15, 0.2) is 0 Å². The van der Waals surface area contributed by atoms with Crippen molar-refractivity contribution in [2.75, 3.05) is 5.32 Å². The summed E-state index contributed by atoms with van der Waals surface area (Å²) in [7, 11) is 0. The van der Waals surface area contributed by atoms with Crippen LogP contribution in [0.1, 0.15) is 20.8 Å². The van der Waals surface area contributed by atoms with Crippen molar-refractivity contribution in [2.24, 2.45) is 0 Å². The average molecular weight is 317 g/mol. The van der Waals surface area contributed by atoms with E-state index in [1.165, 1.54) is 24.4 Å². The Morgan fingerprint density at radius 1 is 1.32 bits per heavy atom. The number of amides is 1. The monoisotopic (exact) mass is 316 g/mol. The topological polar surface area (TPSA) is 79.3 Å². The molecule has 1 amide bonds. The lowest BCUT2D eigenvalue weighted by Gasteiger charge is -2.03. The predicted octanol–water partition coefficient (Wildman–Crippen LogP) is 3.40. The molecule has 2 aromatic heterocycles. The number of aromatic nitrogens is 1. The molecule has 0 fully saturated rings. The summed E-state index contributed by atoms with van der Waals surface area (Å²) in [5, 5.41) is 11.2. The van der Waals surface area contributed by atoms with Crippen molar-refractivity contribution in [1.82, 2.24) is 4.98 Å². The van der Waals surface area contributed by atoms with E-state index in [9.17, 15) is 9.59 Å². The van der Waals surface area contributed by atoms with Gasteiger partial charge in [-0.1, -0.05) is 23.2 Å². The van der Waals surface area contributed by atoms with E-state index in [0.29, 0.717) is 10.0 Å². The zero-order valence-corrected chi connectivity index (χ0v) is 11.5. The normalized spacial score (nSPS) is 10.2. The van der Waals surface area contributed by atoms with Crippen LogP contribution >= 0.6 is 34.5 Å². The molecule has 2 aromatic rings. The largest absolute Gasteiger partial charge is 0.477 e. The number of carboxylic acids is 1. The molecule has 2 heterocycles. The summed E-state index contributed by atoms with van der Waals surface area (Å²) in [6, 6.07) is 4.19. The van der Waals surface area contributed by atoms with Crippen LogP contribution in [-0.4, -0.2) is 22.0 Å². The molecule has 0 radical (unpaired) electrons. The van der Waals surface area contributed by atoms with Gasteiger partial charge in [0.2, 0.25) is 0 Å². The van der Waals surface area contributed by atoms with E-state index in [1.54, 1.807) is 0 Å². The minimum Gasteiger partial charge on any atom is -0.477 e. The molecule has 0 aliphatic rings. The number of pyridine rings is 1. The van der Waals surface area contributed by atoms with Crippen LogP contribution in [0.2, 0.25) is 8.67 Å². The van der Waals surface area contributed by atoms with Gasteiger partial charge < -0.3 is 10.4 Å². The van der Waals surface area contributed by atoms with Crippen LogP contribution in [0.4, 0.5) is 5.69 Å². The first-order chi connectivity index (χ1) is 8.97. The van der Waals surface area contributed by atoms with E-state index in [4.69, 9.17) is 28.3 Å². The molecule has 98 valence electrons. The van der Waals surface area contributed by atoms with Gasteiger partial charge in [0.25, 0.3) is 5.91 Å². The number of nitrogens with one attached hydrogen (secondary N) is 1. The number of rotatable bonds is 3. The number of hydrogen-bond acceptors (Lipinski definition) is 4. The second-order valence-electron chi connectivity index (χ2n) is 3.43. The maximum absolute atomic E-state index is 11.9. The van der Waals surface area contributed by atoms with Crippen LogP contribution in [0.3, 0.4) is 0 Å². The third kappa shape index (κ3) is 3.23. The molecule has 5 nitrogen and oxygen atoms in total. The van der Waals surface area contributed by atoms with Gasteiger partial charge in [-0.3, -0.25) is 4.79 Å². The highest BCUT2D eigenvalue weighted by Crippen LogP contribution is 2.31. The van der Waals surface area contributed by atoms with E-state index >= 15 is 0 Å². The van der Waals surface area contributed by atoms with Gasteiger partial charge in [0.05, 0.1) is 21.8 Å². The van der Waals surface area contributed by atoms with Crippen LogP contribution < -0.4 is 5.32 Å². The molecule has 2 rings (SSSR count). The lowest BCUT2D eigenvalue weighted by atomic mass is 10.3. The smallest absolute Gasteiger partial charge is 0.354 e. The molecular formula is C11H6Cl2N2O3S. The lowest BCUT2D eigenvalue weighted by Crippen LogP contribution is -2.12. The molecule has 0 saturated heterocycles. The highest BCUT2D eigenvalue weighted by atomic mass is 35.5. The molecule has 2 N–H and O–H groups in total. The number of anilines is 1. The van der Waals surface area contributed by atoms with Crippen molar-refractivity contribution in [1.29, 1.82) is 0 Å². The van der Waals surface area contributed by atoms with Gasteiger partial charge in [0, 0.05) is 0 Å². The summed E-state index contributed by atoms with van der Waals surface area (Å²) in [5.74, 6) is -1.57. The summed E-state index contributed by atoms with van der Waals surface area (Å²) in [6.07, 6.45) is 1.25. The Hall–Kier alpha value is -1.63. The number of carboxylic acid groups (broad SMARTS) is 1. The van der Waals surface area contributed by atoms with E-state index in [0.717, 1.165) is 11.3 Å². The van der Waals surface area contributed by atoms with Crippen molar-refractivity contribution in [3.05, 3.63) is 44.3 Å². The van der Waals surface area contributed by atoms with Gasteiger partial charge in [0.1, 0.15) is 10.0 Å². The van der Waals surface area contributed by atoms with Gasteiger partial charge in [-0.25, -0.2) is 9.78 Å². The van der Waals surface area contributed by atoms with E-state index in [1.807, 2.05) is 0 Å². The molecule has 19 heavy (non-hydrogen) atoms. The summed E-state index contributed by atoms with van der Waals surface area (Å²) in [6.45, 7) is 0. The maximum Gasteiger partial charge on any atom is 0.354 e. The van der Waals surface area contributed by atoms with Crippen molar-refractivity contribution in [3.63, 3.8) is 0 Å². The molecule has 0 aliphatic heterocycles. The minimum absolute atomic E-state index is 0.102. The van der Waals surface area contributed by atoms with Crippen molar-refractivity contribution in [3.8, 4) is 0 Å². The second kappa shape index (κ2) is 5.56. The molecule has 0 unspecified atom stereocenters. The molecule has 0 spiro atoms. The molecule has 0 bridgehead atoms. The number of halogens is 2. The number of nitrogens with zero attached hydrogens (tertiary/aromatic N) is 1. The molecule has 0 atom stereocenters. The average Bonchev–Trinajstić information content (AvgIpc) is 2.69. The maximum atomic E-state index is 11.9. The van der Waals surface area contributed by atoms with Crippen molar-refractivity contribution < 1.29 is 14.7 Å². The van der Waals surface area contributed by atoms with Gasteiger partial charge in [-0.15, -0.1) is 11.3 Å². The summed E-state index contributed by atoms with van der Waals surface area (Å²) in [4.78, 5) is 26.2. The quantitative estimate of drug-likeness (QED) is 0.909. The summed E-state index contributed by atoms with van der Waals surface area (Å²) < 4.78 is 0.701. The van der Waals surface area contributed by atoms with Crippen LogP contribution in [0.15, 0.2) is 24.4 Å². The number of thiophene rings is 1. The third-order valence-electron chi connectivity index (χ3n) is 2.14. The Balaban J connectivity index is 2.15. The zero-order chi connectivity index (χ0) is 14.0. The highest BCUT2D eigenvalue weighted by Gasteiger charge is 2.14. The third-order valence-corrected chi connectivity index (χ3v) is 3.63. The van der Waals surface area contributed by atoms with Gasteiger partial charge >= 0.3 is 5.97 Å². The summed E-state index contributed by atoms with van der Waals surface area (Å²) >= 11 is 12.7. The van der Waals surface area contributed by atoms with Crippen LogP contribution in [-0.2, 0) is 0 Å². The van der Waals surface area contributed by atoms with Crippen LogP contribution in [0, 0.1) is 0 Å². The van der Waals surface area contributed by atoms with Gasteiger partial charge in [-0.05, 0) is 18.2 Å². The lowest BCUT2D eigenvalue weighted by molar-refractivity contribution is 0.0690. The SMILES string of the molecule is O=C(O)c1ccc(NC(=O)c2cc(Cl)sc2Cl)cn1.